The molecule has 0 aromatic heterocycles. The standard InChI is InChI=1S/C25H39N5O3/c1-7-27-19(23(2,3)4)22(33)30-13-16-17(24(16,5)6)18(30)21(32)28-15(12-26)10-14-11-25(8-9-25)29-20(14)31/h14-19,27H,7-11,13H2,1-6H3,(H,28,32)(H,29,31)/t14-,15+,16+,17+,18+,19-/m1/s1. The number of nitrogens with zero attached hydrogens (tertiary/aromatic N) is 2. The lowest BCUT2D eigenvalue weighted by Gasteiger charge is -2.37. The quantitative estimate of drug-likeness (QED) is 0.537. The normalized spacial score (nSPS) is 32.5. The molecule has 3 amide bonds. The maximum absolute atomic E-state index is 13.6. The van der Waals surface area contributed by atoms with Crippen molar-refractivity contribution in [2.75, 3.05) is 13.1 Å². The zero-order chi connectivity index (χ0) is 24.3. The van der Waals surface area contributed by atoms with Crippen LogP contribution in [-0.2, 0) is 14.4 Å². The Bertz CT molecular complexity index is 881. The van der Waals surface area contributed by atoms with Gasteiger partial charge in [0.25, 0.3) is 0 Å². The number of piperidine rings is 1. The van der Waals surface area contributed by atoms with E-state index in [1.165, 1.54) is 0 Å². The van der Waals surface area contributed by atoms with Gasteiger partial charge in [-0.1, -0.05) is 41.5 Å². The van der Waals surface area contributed by atoms with E-state index < -0.39 is 12.1 Å². The van der Waals surface area contributed by atoms with E-state index in [0.29, 0.717) is 19.5 Å². The van der Waals surface area contributed by atoms with E-state index in [2.05, 4.69) is 35.9 Å². The van der Waals surface area contributed by atoms with Crippen molar-refractivity contribution < 1.29 is 14.4 Å². The van der Waals surface area contributed by atoms with Crippen LogP contribution in [0.5, 0.6) is 0 Å². The molecule has 2 saturated carbocycles. The number of likely N-dealkylation sites (N-methyl/N-ethyl adjacent to an activating group) is 1. The summed E-state index contributed by atoms with van der Waals surface area (Å²) in [6.07, 6.45) is 3.05. The predicted molar refractivity (Wildman–Crippen MR) is 124 cm³/mol. The van der Waals surface area contributed by atoms with Gasteiger partial charge in [-0.25, -0.2) is 0 Å². The van der Waals surface area contributed by atoms with Crippen LogP contribution in [0.1, 0.15) is 67.2 Å². The van der Waals surface area contributed by atoms with E-state index in [0.717, 1.165) is 19.3 Å². The fourth-order valence-electron chi connectivity index (χ4n) is 6.28. The molecule has 4 fully saturated rings. The molecule has 4 rings (SSSR count). The first-order valence-electron chi connectivity index (χ1n) is 12.4. The number of nitrogens with one attached hydrogen (secondary N) is 3. The van der Waals surface area contributed by atoms with Crippen molar-refractivity contribution in [2.24, 2.45) is 28.6 Å². The lowest BCUT2D eigenvalue weighted by atomic mass is 9.85. The smallest absolute Gasteiger partial charge is 0.244 e. The van der Waals surface area contributed by atoms with E-state index in [1.54, 1.807) is 4.90 Å². The van der Waals surface area contributed by atoms with Crippen molar-refractivity contribution >= 4 is 17.7 Å². The summed E-state index contributed by atoms with van der Waals surface area (Å²) < 4.78 is 0. The van der Waals surface area contributed by atoms with Gasteiger partial charge in [0.2, 0.25) is 17.7 Å². The average Bonchev–Trinajstić information content (AvgIpc) is 3.44. The Kier molecular flexibility index (Phi) is 5.80. The highest BCUT2D eigenvalue weighted by Gasteiger charge is 2.69. The van der Waals surface area contributed by atoms with Gasteiger partial charge in [0.1, 0.15) is 12.1 Å². The summed E-state index contributed by atoms with van der Waals surface area (Å²) in [6.45, 7) is 13.6. The second kappa shape index (κ2) is 7.97. The van der Waals surface area contributed by atoms with Crippen molar-refractivity contribution in [2.45, 2.75) is 90.9 Å². The maximum Gasteiger partial charge on any atom is 0.244 e. The number of nitriles is 1. The molecule has 2 saturated heterocycles. The molecule has 8 nitrogen and oxygen atoms in total. The monoisotopic (exact) mass is 457 g/mol. The fraction of sp³-hybridized carbons (Fsp3) is 0.840. The van der Waals surface area contributed by atoms with Gasteiger partial charge in [-0.2, -0.15) is 5.26 Å². The molecule has 6 atom stereocenters. The first kappa shape index (κ1) is 24.0. The Balaban J connectivity index is 1.48. The molecule has 0 aromatic rings. The number of hydrogen-bond donors (Lipinski definition) is 3. The first-order chi connectivity index (χ1) is 15.3. The summed E-state index contributed by atoms with van der Waals surface area (Å²) in [5.41, 5.74) is -0.347. The number of fused-ring (bicyclic) bond motifs is 1. The van der Waals surface area contributed by atoms with E-state index in [4.69, 9.17) is 0 Å². The average molecular weight is 458 g/mol. The summed E-state index contributed by atoms with van der Waals surface area (Å²) >= 11 is 0. The minimum Gasteiger partial charge on any atom is -0.350 e. The van der Waals surface area contributed by atoms with Crippen LogP contribution < -0.4 is 16.0 Å². The number of amides is 3. The maximum atomic E-state index is 13.6. The topological polar surface area (TPSA) is 114 Å². The molecular formula is C25H39N5O3. The lowest BCUT2D eigenvalue weighted by molar-refractivity contribution is -0.144. The number of carbonyl (C=O) groups excluding carboxylic acids is 3. The molecule has 0 bridgehead atoms. The third kappa shape index (κ3) is 4.25. The van der Waals surface area contributed by atoms with Gasteiger partial charge < -0.3 is 20.9 Å². The summed E-state index contributed by atoms with van der Waals surface area (Å²) in [4.78, 5) is 41.2. The van der Waals surface area contributed by atoms with E-state index in [-0.39, 0.29) is 57.9 Å². The van der Waals surface area contributed by atoms with Gasteiger partial charge in [-0.05, 0) is 54.9 Å². The number of carbonyl (C=O) groups is 3. The van der Waals surface area contributed by atoms with Gasteiger partial charge in [0.15, 0.2) is 0 Å². The minimum atomic E-state index is -0.743. The van der Waals surface area contributed by atoms with Gasteiger partial charge >= 0.3 is 0 Å². The summed E-state index contributed by atoms with van der Waals surface area (Å²) in [7, 11) is 0. The van der Waals surface area contributed by atoms with Gasteiger partial charge in [-0.15, -0.1) is 0 Å². The molecule has 0 radical (unpaired) electrons. The second-order valence-corrected chi connectivity index (χ2v) is 12.3. The van der Waals surface area contributed by atoms with E-state index in [9.17, 15) is 19.6 Å². The summed E-state index contributed by atoms with van der Waals surface area (Å²) in [5.74, 6) is -0.198. The summed E-state index contributed by atoms with van der Waals surface area (Å²) in [5, 5.41) is 19.0. The minimum absolute atomic E-state index is 0.0000334. The molecule has 2 aliphatic heterocycles. The largest absolute Gasteiger partial charge is 0.350 e. The number of rotatable bonds is 7. The third-order valence-electron chi connectivity index (χ3n) is 8.52. The zero-order valence-electron chi connectivity index (χ0n) is 20.8. The Hall–Kier alpha value is -2.14. The molecule has 1 spiro atoms. The second-order valence-electron chi connectivity index (χ2n) is 12.3. The lowest BCUT2D eigenvalue weighted by Crippen LogP contribution is -2.59. The van der Waals surface area contributed by atoms with Gasteiger partial charge in [-0.3, -0.25) is 14.4 Å². The van der Waals surface area contributed by atoms with Crippen molar-refractivity contribution in [3.63, 3.8) is 0 Å². The molecule has 182 valence electrons. The molecule has 33 heavy (non-hydrogen) atoms. The molecule has 0 aromatic carbocycles. The third-order valence-corrected chi connectivity index (χ3v) is 8.52. The van der Waals surface area contributed by atoms with Crippen LogP contribution in [0.3, 0.4) is 0 Å². The number of likely N-dealkylation sites (tertiary alicyclic amines) is 1. The molecule has 4 aliphatic rings. The highest BCUT2D eigenvalue weighted by molar-refractivity contribution is 5.92. The van der Waals surface area contributed by atoms with Crippen molar-refractivity contribution in [1.29, 1.82) is 5.26 Å². The Morgan fingerprint density at radius 3 is 2.48 bits per heavy atom. The molecule has 0 unspecified atom stereocenters. The molecule has 3 N–H and O–H groups in total. The van der Waals surface area contributed by atoms with Crippen LogP contribution in [-0.4, -0.2) is 59.4 Å². The van der Waals surface area contributed by atoms with Crippen LogP contribution in [0.15, 0.2) is 0 Å². The van der Waals surface area contributed by atoms with Gasteiger partial charge in [0, 0.05) is 18.0 Å². The SMILES string of the molecule is CCN[C@H](C(=O)N1C[C@H]2[C@@H]([C@H]1C(=O)N[C@H](C#N)C[C@@H]1CC3(CC3)NC1=O)C2(C)C)C(C)(C)C. The molecule has 8 heteroatoms. The molecular weight excluding hydrogens is 418 g/mol. The van der Waals surface area contributed by atoms with Crippen LogP contribution in [0, 0.1) is 39.9 Å². The van der Waals surface area contributed by atoms with Gasteiger partial charge in [0.05, 0.1) is 12.1 Å². The van der Waals surface area contributed by atoms with Crippen molar-refractivity contribution in [3.8, 4) is 6.07 Å². The summed E-state index contributed by atoms with van der Waals surface area (Å²) in [6, 6.07) is 0.475. The predicted octanol–water partition coefficient (Wildman–Crippen LogP) is 1.56. The van der Waals surface area contributed by atoms with Crippen LogP contribution in [0.2, 0.25) is 0 Å². The first-order valence-corrected chi connectivity index (χ1v) is 12.4. The van der Waals surface area contributed by atoms with Crippen molar-refractivity contribution in [1.82, 2.24) is 20.9 Å². The van der Waals surface area contributed by atoms with E-state index >= 15 is 0 Å². The van der Waals surface area contributed by atoms with Crippen LogP contribution in [0.25, 0.3) is 0 Å². The van der Waals surface area contributed by atoms with E-state index in [1.807, 2.05) is 27.7 Å². The Morgan fingerprint density at radius 1 is 1.30 bits per heavy atom. The van der Waals surface area contributed by atoms with Crippen LogP contribution in [0.4, 0.5) is 0 Å². The fourth-order valence-corrected chi connectivity index (χ4v) is 6.28. The highest BCUT2D eigenvalue weighted by atomic mass is 16.2. The number of hydrogen-bond acceptors (Lipinski definition) is 5. The Labute approximate surface area is 197 Å². The molecule has 2 aliphatic carbocycles. The van der Waals surface area contributed by atoms with Crippen LogP contribution >= 0.6 is 0 Å². The Morgan fingerprint density at radius 2 is 1.97 bits per heavy atom. The molecule has 2 heterocycles. The highest BCUT2D eigenvalue weighted by Crippen LogP contribution is 2.65. The zero-order valence-corrected chi connectivity index (χ0v) is 20.8. The van der Waals surface area contributed by atoms with Crippen molar-refractivity contribution in [3.05, 3.63) is 0 Å².